The Morgan fingerprint density at radius 1 is 1.00 bits per heavy atom. The molecule has 2 aromatic carbocycles. The lowest BCUT2D eigenvalue weighted by atomic mass is 10.1. The second-order valence-corrected chi connectivity index (χ2v) is 5.43. The van der Waals surface area contributed by atoms with E-state index < -0.39 is 5.97 Å². The molecule has 7 nitrogen and oxygen atoms in total. The lowest BCUT2D eigenvalue weighted by Gasteiger charge is -2.23. The Hall–Kier alpha value is -3.35. The number of carbonyl (C=O) groups is 3. The van der Waals surface area contributed by atoms with E-state index in [-0.39, 0.29) is 25.0 Å². The second kappa shape index (κ2) is 9.22. The number of methoxy groups -OCH3 is 1. The lowest BCUT2D eigenvalue weighted by molar-refractivity contribution is -0.116. The van der Waals surface area contributed by atoms with Crippen molar-refractivity contribution in [1.82, 2.24) is 5.32 Å². The van der Waals surface area contributed by atoms with E-state index in [1.165, 1.54) is 18.9 Å². The number of carbonyl (C=O) groups excluding carboxylic acids is 3. The van der Waals surface area contributed by atoms with Crippen molar-refractivity contribution in [2.75, 3.05) is 30.4 Å². The number of nitrogens with one attached hydrogen (secondary N) is 2. The zero-order valence-corrected chi connectivity index (χ0v) is 14.7. The van der Waals surface area contributed by atoms with Crippen LogP contribution in [0.4, 0.5) is 16.2 Å². The van der Waals surface area contributed by atoms with Crippen LogP contribution in [0.5, 0.6) is 0 Å². The van der Waals surface area contributed by atoms with Crippen molar-refractivity contribution < 1.29 is 19.1 Å². The topological polar surface area (TPSA) is 87.7 Å². The van der Waals surface area contributed by atoms with Gasteiger partial charge in [0.15, 0.2) is 0 Å². The van der Waals surface area contributed by atoms with Crippen molar-refractivity contribution >= 4 is 29.3 Å². The number of hydrogen-bond donors (Lipinski definition) is 2. The summed E-state index contributed by atoms with van der Waals surface area (Å²) in [6.45, 7) is 1.83. The van der Waals surface area contributed by atoms with E-state index in [1.807, 2.05) is 18.2 Å². The Morgan fingerprint density at radius 3 is 2.31 bits per heavy atom. The summed E-state index contributed by atoms with van der Waals surface area (Å²) in [5, 5.41) is 5.38. The largest absolute Gasteiger partial charge is 0.465 e. The number of ether oxygens (including phenoxy) is 1. The van der Waals surface area contributed by atoms with E-state index in [2.05, 4.69) is 10.6 Å². The highest BCUT2D eigenvalue weighted by Gasteiger charge is 2.19. The molecule has 2 rings (SSSR count). The van der Waals surface area contributed by atoms with Crippen LogP contribution in [0.15, 0.2) is 54.6 Å². The van der Waals surface area contributed by atoms with Crippen molar-refractivity contribution in [3.8, 4) is 0 Å². The van der Waals surface area contributed by atoms with Gasteiger partial charge >= 0.3 is 12.0 Å². The number of benzene rings is 2. The molecule has 0 aliphatic rings. The van der Waals surface area contributed by atoms with Crippen LogP contribution in [0.25, 0.3) is 0 Å². The fourth-order valence-electron chi connectivity index (χ4n) is 2.42. The molecule has 7 heteroatoms. The predicted octanol–water partition coefficient (Wildman–Crippen LogP) is 2.65. The van der Waals surface area contributed by atoms with Crippen molar-refractivity contribution in [3.63, 3.8) is 0 Å². The average Bonchev–Trinajstić information content (AvgIpc) is 2.65. The summed E-state index contributed by atoms with van der Waals surface area (Å²) in [6, 6.07) is 15.3. The maximum atomic E-state index is 12.0. The van der Waals surface area contributed by atoms with E-state index in [9.17, 15) is 14.4 Å². The quantitative estimate of drug-likeness (QED) is 0.780. The molecule has 2 N–H and O–H groups in total. The van der Waals surface area contributed by atoms with E-state index >= 15 is 0 Å². The number of nitrogens with zero attached hydrogens (tertiary/aromatic N) is 1. The van der Waals surface area contributed by atoms with Crippen molar-refractivity contribution in [2.45, 2.75) is 6.92 Å². The number of para-hydroxylation sites is 2. The molecule has 0 fully saturated rings. The highest BCUT2D eigenvalue weighted by atomic mass is 16.5. The van der Waals surface area contributed by atoms with E-state index in [0.717, 1.165) is 0 Å². The van der Waals surface area contributed by atoms with Gasteiger partial charge in [-0.2, -0.15) is 0 Å². The third kappa shape index (κ3) is 5.07. The number of esters is 1. The van der Waals surface area contributed by atoms with Gasteiger partial charge in [-0.3, -0.25) is 4.79 Å². The molecule has 2 aromatic rings. The zero-order chi connectivity index (χ0) is 18.9. The molecule has 0 heterocycles. The molecule has 26 heavy (non-hydrogen) atoms. The monoisotopic (exact) mass is 355 g/mol. The van der Waals surface area contributed by atoms with Gasteiger partial charge in [0.1, 0.15) is 0 Å². The normalized spacial score (nSPS) is 9.92. The number of hydrogen-bond acceptors (Lipinski definition) is 4. The highest BCUT2D eigenvalue weighted by Crippen LogP contribution is 2.21. The lowest BCUT2D eigenvalue weighted by Crippen LogP contribution is -2.39. The standard InChI is InChI=1S/C19H21N3O4/c1-14(23)22(17-11-7-6-10-16(17)18(24)26-2)13-12-20-19(25)21-15-8-4-3-5-9-15/h3-11H,12-13H2,1-2H3,(H2,20,21,25). The molecule has 0 saturated heterocycles. The van der Waals surface area contributed by atoms with Crippen LogP contribution in [0.2, 0.25) is 0 Å². The first-order valence-electron chi connectivity index (χ1n) is 8.08. The SMILES string of the molecule is COC(=O)c1ccccc1N(CCNC(=O)Nc1ccccc1)C(C)=O. The first-order chi connectivity index (χ1) is 12.5. The van der Waals surface area contributed by atoms with Gasteiger partial charge in [-0.25, -0.2) is 9.59 Å². The first kappa shape index (κ1) is 19.0. The van der Waals surface area contributed by atoms with Crippen LogP contribution in [0.1, 0.15) is 17.3 Å². The van der Waals surface area contributed by atoms with E-state index in [0.29, 0.717) is 16.9 Å². The summed E-state index contributed by atoms with van der Waals surface area (Å²) >= 11 is 0. The summed E-state index contributed by atoms with van der Waals surface area (Å²) in [6.07, 6.45) is 0. The van der Waals surface area contributed by atoms with Crippen molar-refractivity contribution in [3.05, 3.63) is 60.2 Å². The summed E-state index contributed by atoms with van der Waals surface area (Å²) in [5.74, 6) is -0.770. The molecule has 0 aromatic heterocycles. The van der Waals surface area contributed by atoms with E-state index in [1.54, 1.807) is 36.4 Å². The molecule has 0 saturated carbocycles. The predicted molar refractivity (Wildman–Crippen MR) is 99.3 cm³/mol. The third-order valence-electron chi connectivity index (χ3n) is 3.63. The molecule has 0 bridgehead atoms. The van der Waals surface area contributed by atoms with Gasteiger partial charge in [0.05, 0.1) is 18.4 Å². The van der Waals surface area contributed by atoms with Crippen LogP contribution >= 0.6 is 0 Å². The van der Waals surface area contributed by atoms with Gasteiger partial charge in [-0.05, 0) is 24.3 Å². The Labute approximate surface area is 152 Å². The maximum absolute atomic E-state index is 12.0. The minimum atomic E-state index is -0.526. The molecule has 136 valence electrons. The fourth-order valence-corrected chi connectivity index (χ4v) is 2.42. The summed E-state index contributed by atoms with van der Waals surface area (Å²) in [5.41, 5.74) is 1.40. The van der Waals surface area contributed by atoms with Gasteiger partial charge < -0.3 is 20.3 Å². The van der Waals surface area contributed by atoms with Crippen molar-refractivity contribution in [2.24, 2.45) is 0 Å². The fraction of sp³-hybridized carbons (Fsp3) is 0.211. The van der Waals surface area contributed by atoms with Gasteiger partial charge in [-0.1, -0.05) is 30.3 Å². The smallest absolute Gasteiger partial charge is 0.339 e. The molecule has 0 spiro atoms. The van der Waals surface area contributed by atoms with Crippen LogP contribution in [-0.4, -0.2) is 38.1 Å². The Kier molecular flexibility index (Phi) is 6.73. The zero-order valence-electron chi connectivity index (χ0n) is 14.7. The molecule has 0 atom stereocenters. The van der Waals surface area contributed by atoms with Crippen LogP contribution < -0.4 is 15.5 Å². The third-order valence-corrected chi connectivity index (χ3v) is 3.63. The molecule has 0 unspecified atom stereocenters. The summed E-state index contributed by atoms with van der Waals surface area (Å²) in [4.78, 5) is 37.3. The molecule has 0 aliphatic heterocycles. The van der Waals surface area contributed by atoms with Gasteiger partial charge in [0.25, 0.3) is 0 Å². The number of amides is 3. The Morgan fingerprint density at radius 2 is 1.65 bits per heavy atom. The average molecular weight is 355 g/mol. The van der Waals surface area contributed by atoms with Crippen LogP contribution in [-0.2, 0) is 9.53 Å². The molecular formula is C19H21N3O4. The number of anilines is 2. The summed E-state index contributed by atoms with van der Waals surface area (Å²) in [7, 11) is 1.28. The first-order valence-corrected chi connectivity index (χ1v) is 8.08. The second-order valence-electron chi connectivity index (χ2n) is 5.43. The molecule has 3 amide bonds. The molecule has 0 aliphatic carbocycles. The van der Waals surface area contributed by atoms with E-state index in [4.69, 9.17) is 4.74 Å². The number of urea groups is 1. The minimum absolute atomic E-state index is 0.214. The molecule has 0 radical (unpaired) electrons. The minimum Gasteiger partial charge on any atom is -0.465 e. The molecular weight excluding hydrogens is 334 g/mol. The Balaban J connectivity index is 2.00. The Bertz CT molecular complexity index is 777. The van der Waals surface area contributed by atoms with Gasteiger partial charge in [0, 0.05) is 25.7 Å². The van der Waals surface area contributed by atoms with Gasteiger partial charge in [-0.15, -0.1) is 0 Å². The van der Waals surface area contributed by atoms with Crippen LogP contribution in [0.3, 0.4) is 0 Å². The number of rotatable bonds is 6. The van der Waals surface area contributed by atoms with Gasteiger partial charge in [0.2, 0.25) is 5.91 Å². The maximum Gasteiger partial charge on any atom is 0.339 e. The van der Waals surface area contributed by atoms with Crippen molar-refractivity contribution in [1.29, 1.82) is 0 Å². The highest BCUT2D eigenvalue weighted by molar-refractivity contribution is 6.02. The van der Waals surface area contributed by atoms with Crippen LogP contribution in [0, 0.1) is 0 Å². The summed E-state index contributed by atoms with van der Waals surface area (Å²) < 4.78 is 4.76.